The Bertz CT molecular complexity index is 402. The Labute approximate surface area is 115 Å². The highest BCUT2D eigenvalue weighted by molar-refractivity contribution is 5.43. The topological polar surface area (TPSA) is 50.7 Å². The fraction of sp³-hybridized carbons (Fsp3) is 0.600. The largest absolute Gasteiger partial charge is 0.493 e. The molecule has 108 valence electrons. The molecule has 1 aromatic carbocycles. The Balaban J connectivity index is 2.78. The molecule has 1 rings (SSSR count). The summed E-state index contributed by atoms with van der Waals surface area (Å²) in [6, 6.07) is 5.80. The summed E-state index contributed by atoms with van der Waals surface area (Å²) in [6.45, 7) is 6.74. The summed E-state index contributed by atoms with van der Waals surface area (Å²) in [5, 5.41) is 13.3. The summed E-state index contributed by atoms with van der Waals surface area (Å²) >= 11 is 0. The maximum Gasteiger partial charge on any atom is 0.161 e. The van der Waals surface area contributed by atoms with E-state index in [0.717, 1.165) is 12.1 Å². The van der Waals surface area contributed by atoms with Gasteiger partial charge in [-0.3, -0.25) is 0 Å². The van der Waals surface area contributed by atoms with E-state index >= 15 is 0 Å². The Morgan fingerprint density at radius 2 is 2.00 bits per heavy atom. The third-order valence-electron chi connectivity index (χ3n) is 3.37. The molecule has 0 fully saturated rings. The lowest BCUT2D eigenvalue weighted by molar-refractivity contribution is -0.0271. The molecule has 4 nitrogen and oxygen atoms in total. The molecule has 0 radical (unpaired) electrons. The molecule has 0 spiro atoms. The molecule has 1 unspecified atom stereocenters. The molecule has 1 atom stereocenters. The van der Waals surface area contributed by atoms with E-state index in [1.54, 1.807) is 14.0 Å². The van der Waals surface area contributed by atoms with E-state index in [9.17, 15) is 5.11 Å². The van der Waals surface area contributed by atoms with Crippen molar-refractivity contribution in [2.24, 2.45) is 5.92 Å². The molecule has 1 aromatic rings. The number of rotatable bonds is 7. The second-order valence-corrected chi connectivity index (χ2v) is 5.32. The van der Waals surface area contributed by atoms with Crippen molar-refractivity contribution in [3.8, 4) is 11.5 Å². The van der Waals surface area contributed by atoms with Crippen LogP contribution >= 0.6 is 0 Å². The first kappa shape index (κ1) is 15.8. The van der Waals surface area contributed by atoms with Crippen molar-refractivity contribution in [3.05, 3.63) is 23.8 Å². The van der Waals surface area contributed by atoms with E-state index in [1.165, 1.54) is 0 Å². The first-order chi connectivity index (χ1) is 8.90. The standard InChI is InChI=1S/C15H25NO3/c1-11(2)15(3,17)10-19-13-7-6-12(9-16-4)8-14(13)18-5/h6-8,11,16-17H,9-10H2,1-5H3. The number of ether oxygens (including phenoxy) is 2. The summed E-state index contributed by atoms with van der Waals surface area (Å²) < 4.78 is 11.0. The average molecular weight is 267 g/mol. The Kier molecular flexibility index (Phi) is 5.63. The highest BCUT2D eigenvalue weighted by Crippen LogP contribution is 2.29. The predicted molar refractivity (Wildman–Crippen MR) is 76.7 cm³/mol. The monoisotopic (exact) mass is 267 g/mol. The molecular formula is C15H25NO3. The van der Waals surface area contributed by atoms with Crippen molar-refractivity contribution in [1.29, 1.82) is 0 Å². The third kappa shape index (κ3) is 4.40. The van der Waals surface area contributed by atoms with E-state index in [2.05, 4.69) is 5.32 Å². The van der Waals surface area contributed by atoms with Crippen molar-refractivity contribution in [2.75, 3.05) is 20.8 Å². The normalized spacial score (nSPS) is 14.3. The molecule has 0 saturated heterocycles. The fourth-order valence-electron chi connectivity index (χ4n) is 1.54. The number of benzene rings is 1. The van der Waals surface area contributed by atoms with Crippen LogP contribution in [0.4, 0.5) is 0 Å². The van der Waals surface area contributed by atoms with Gasteiger partial charge in [0.25, 0.3) is 0 Å². The minimum absolute atomic E-state index is 0.127. The van der Waals surface area contributed by atoms with Crippen molar-refractivity contribution < 1.29 is 14.6 Å². The lowest BCUT2D eigenvalue weighted by atomic mass is 9.94. The highest BCUT2D eigenvalue weighted by atomic mass is 16.5. The van der Waals surface area contributed by atoms with Crippen molar-refractivity contribution in [2.45, 2.75) is 32.9 Å². The number of aliphatic hydroxyl groups is 1. The average Bonchev–Trinajstić information content (AvgIpc) is 2.37. The lowest BCUT2D eigenvalue weighted by Crippen LogP contribution is -2.37. The Morgan fingerprint density at radius 3 is 2.53 bits per heavy atom. The summed E-state index contributed by atoms with van der Waals surface area (Å²) in [7, 11) is 3.52. The Hall–Kier alpha value is -1.26. The van der Waals surface area contributed by atoms with Crippen LogP contribution in [0.15, 0.2) is 18.2 Å². The van der Waals surface area contributed by atoms with E-state index in [-0.39, 0.29) is 12.5 Å². The SMILES string of the molecule is CNCc1ccc(OCC(C)(O)C(C)C)c(OC)c1. The third-order valence-corrected chi connectivity index (χ3v) is 3.37. The molecule has 0 amide bonds. The molecule has 0 aliphatic carbocycles. The maximum absolute atomic E-state index is 10.2. The van der Waals surface area contributed by atoms with Gasteiger partial charge in [0.2, 0.25) is 0 Å². The molecule has 0 aliphatic rings. The van der Waals surface area contributed by atoms with E-state index in [0.29, 0.717) is 11.5 Å². The van der Waals surface area contributed by atoms with Gasteiger partial charge < -0.3 is 19.9 Å². The zero-order valence-electron chi connectivity index (χ0n) is 12.5. The van der Waals surface area contributed by atoms with Gasteiger partial charge in [-0.2, -0.15) is 0 Å². The van der Waals surface area contributed by atoms with Crippen LogP contribution in [0, 0.1) is 5.92 Å². The van der Waals surface area contributed by atoms with Gasteiger partial charge in [-0.25, -0.2) is 0 Å². The van der Waals surface area contributed by atoms with Gasteiger partial charge >= 0.3 is 0 Å². The van der Waals surface area contributed by atoms with Gasteiger partial charge in [0.1, 0.15) is 6.61 Å². The highest BCUT2D eigenvalue weighted by Gasteiger charge is 2.26. The van der Waals surface area contributed by atoms with Gasteiger partial charge in [0.05, 0.1) is 12.7 Å². The minimum Gasteiger partial charge on any atom is -0.493 e. The van der Waals surface area contributed by atoms with E-state index in [4.69, 9.17) is 9.47 Å². The second-order valence-electron chi connectivity index (χ2n) is 5.32. The van der Waals surface area contributed by atoms with Crippen LogP contribution in [0.2, 0.25) is 0 Å². The molecular weight excluding hydrogens is 242 g/mol. The predicted octanol–water partition coefficient (Wildman–Crippen LogP) is 2.20. The van der Waals surface area contributed by atoms with Crippen LogP contribution in [0.5, 0.6) is 11.5 Å². The number of hydrogen-bond acceptors (Lipinski definition) is 4. The zero-order chi connectivity index (χ0) is 14.5. The molecule has 4 heteroatoms. The molecule has 0 aromatic heterocycles. The van der Waals surface area contributed by atoms with Gasteiger partial charge in [-0.05, 0) is 37.6 Å². The van der Waals surface area contributed by atoms with Gasteiger partial charge in [0, 0.05) is 6.54 Å². The zero-order valence-corrected chi connectivity index (χ0v) is 12.5. The number of methoxy groups -OCH3 is 1. The van der Waals surface area contributed by atoms with Gasteiger partial charge in [-0.1, -0.05) is 19.9 Å². The van der Waals surface area contributed by atoms with E-state index < -0.39 is 5.60 Å². The molecule has 2 N–H and O–H groups in total. The second kappa shape index (κ2) is 6.78. The maximum atomic E-state index is 10.2. The van der Waals surface area contributed by atoms with E-state index in [1.807, 2.05) is 39.1 Å². The number of hydrogen-bond donors (Lipinski definition) is 2. The summed E-state index contributed by atoms with van der Waals surface area (Å²) in [5.41, 5.74) is 0.275. The summed E-state index contributed by atoms with van der Waals surface area (Å²) in [6.07, 6.45) is 0. The first-order valence-electron chi connectivity index (χ1n) is 6.57. The van der Waals surface area contributed by atoms with Crippen molar-refractivity contribution in [1.82, 2.24) is 5.32 Å². The van der Waals surface area contributed by atoms with Crippen LogP contribution in [-0.2, 0) is 6.54 Å². The van der Waals surface area contributed by atoms with Crippen LogP contribution in [-0.4, -0.2) is 31.5 Å². The van der Waals surface area contributed by atoms with Gasteiger partial charge in [-0.15, -0.1) is 0 Å². The quantitative estimate of drug-likeness (QED) is 0.795. The molecule has 0 bridgehead atoms. The van der Waals surface area contributed by atoms with Gasteiger partial charge in [0.15, 0.2) is 11.5 Å². The summed E-state index contributed by atoms with van der Waals surface area (Å²) in [5.74, 6) is 1.47. The van der Waals surface area contributed by atoms with Crippen LogP contribution in [0.1, 0.15) is 26.3 Å². The Morgan fingerprint density at radius 1 is 1.32 bits per heavy atom. The fourth-order valence-corrected chi connectivity index (χ4v) is 1.54. The smallest absolute Gasteiger partial charge is 0.161 e. The van der Waals surface area contributed by atoms with Crippen LogP contribution < -0.4 is 14.8 Å². The van der Waals surface area contributed by atoms with Crippen LogP contribution in [0.25, 0.3) is 0 Å². The molecule has 0 aliphatic heterocycles. The molecule has 0 saturated carbocycles. The first-order valence-corrected chi connectivity index (χ1v) is 6.57. The van der Waals surface area contributed by atoms with Crippen LogP contribution in [0.3, 0.4) is 0 Å². The van der Waals surface area contributed by atoms with Crippen molar-refractivity contribution in [3.63, 3.8) is 0 Å². The lowest BCUT2D eigenvalue weighted by Gasteiger charge is -2.27. The van der Waals surface area contributed by atoms with Crippen molar-refractivity contribution >= 4 is 0 Å². The number of nitrogens with one attached hydrogen (secondary N) is 1. The minimum atomic E-state index is -0.853. The summed E-state index contributed by atoms with van der Waals surface area (Å²) in [4.78, 5) is 0. The molecule has 19 heavy (non-hydrogen) atoms. The molecule has 0 heterocycles.